The summed E-state index contributed by atoms with van der Waals surface area (Å²) >= 11 is 0. The number of aliphatic hydroxyl groups is 1. The summed E-state index contributed by atoms with van der Waals surface area (Å²) in [5.74, 6) is 0. The summed E-state index contributed by atoms with van der Waals surface area (Å²) in [4.78, 5) is 2.07. The van der Waals surface area contributed by atoms with Gasteiger partial charge in [0.1, 0.15) is 0 Å². The van der Waals surface area contributed by atoms with E-state index in [0.29, 0.717) is 6.54 Å². The average Bonchev–Trinajstić information content (AvgIpc) is 2.36. The summed E-state index contributed by atoms with van der Waals surface area (Å²) < 4.78 is 0. The Kier molecular flexibility index (Phi) is 6.12. The summed E-state index contributed by atoms with van der Waals surface area (Å²) in [6.45, 7) is 2.81. The van der Waals surface area contributed by atoms with Crippen molar-refractivity contribution in [3.63, 3.8) is 0 Å². The van der Waals surface area contributed by atoms with E-state index in [1.807, 2.05) is 14.1 Å². The van der Waals surface area contributed by atoms with Gasteiger partial charge in [-0.25, -0.2) is 0 Å². The predicted molar refractivity (Wildman–Crippen MR) is 76.9 cm³/mol. The SMILES string of the molecule is CC(CCO)NC(CN)c1ccc(N(C)C)cc1. The van der Waals surface area contributed by atoms with E-state index in [9.17, 15) is 0 Å². The second-order valence-corrected chi connectivity index (χ2v) is 4.85. The fourth-order valence-electron chi connectivity index (χ4n) is 1.93. The van der Waals surface area contributed by atoms with E-state index in [0.717, 1.165) is 6.42 Å². The Balaban J connectivity index is 2.70. The monoisotopic (exact) mass is 251 g/mol. The molecule has 2 atom stereocenters. The van der Waals surface area contributed by atoms with E-state index in [2.05, 4.69) is 41.4 Å². The molecule has 2 unspecified atom stereocenters. The highest BCUT2D eigenvalue weighted by Gasteiger charge is 2.12. The largest absolute Gasteiger partial charge is 0.396 e. The van der Waals surface area contributed by atoms with E-state index in [4.69, 9.17) is 10.8 Å². The zero-order valence-electron chi connectivity index (χ0n) is 11.6. The molecule has 102 valence electrons. The normalized spacial score (nSPS) is 14.3. The third kappa shape index (κ3) is 4.29. The third-order valence-corrected chi connectivity index (χ3v) is 3.10. The highest BCUT2D eigenvalue weighted by atomic mass is 16.3. The van der Waals surface area contributed by atoms with Crippen LogP contribution in [0.25, 0.3) is 0 Å². The molecule has 18 heavy (non-hydrogen) atoms. The molecule has 1 rings (SSSR count). The van der Waals surface area contributed by atoms with Gasteiger partial charge < -0.3 is 21.1 Å². The van der Waals surface area contributed by atoms with Gasteiger partial charge in [0.2, 0.25) is 0 Å². The maximum atomic E-state index is 8.91. The van der Waals surface area contributed by atoms with E-state index in [1.54, 1.807) is 0 Å². The summed E-state index contributed by atoms with van der Waals surface area (Å²) in [6.07, 6.45) is 0.742. The van der Waals surface area contributed by atoms with Crippen LogP contribution in [-0.2, 0) is 0 Å². The van der Waals surface area contributed by atoms with Gasteiger partial charge in [0.05, 0.1) is 0 Å². The molecular formula is C14H25N3O. The predicted octanol–water partition coefficient (Wildman–Crippen LogP) is 1.11. The van der Waals surface area contributed by atoms with Crippen LogP contribution in [0.3, 0.4) is 0 Å². The van der Waals surface area contributed by atoms with Crippen LogP contribution in [0.2, 0.25) is 0 Å². The minimum Gasteiger partial charge on any atom is -0.396 e. The Hall–Kier alpha value is -1.10. The van der Waals surface area contributed by atoms with Crippen LogP contribution < -0.4 is 16.0 Å². The average molecular weight is 251 g/mol. The number of hydrogen-bond donors (Lipinski definition) is 3. The van der Waals surface area contributed by atoms with Gasteiger partial charge in [0, 0.05) is 45.0 Å². The summed E-state index contributed by atoms with van der Waals surface area (Å²) in [7, 11) is 4.05. The van der Waals surface area contributed by atoms with Crippen LogP contribution in [0.5, 0.6) is 0 Å². The molecule has 0 aliphatic rings. The van der Waals surface area contributed by atoms with Gasteiger partial charge in [0.15, 0.2) is 0 Å². The Bertz CT molecular complexity index is 337. The number of benzene rings is 1. The maximum Gasteiger partial charge on any atom is 0.0446 e. The van der Waals surface area contributed by atoms with Crippen molar-refractivity contribution in [3.05, 3.63) is 29.8 Å². The molecule has 4 N–H and O–H groups in total. The molecule has 0 heterocycles. The first-order valence-electron chi connectivity index (χ1n) is 6.42. The van der Waals surface area contributed by atoms with Crippen LogP contribution in [0.1, 0.15) is 24.9 Å². The van der Waals surface area contributed by atoms with E-state index < -0.39 is 0 Å². The lowest BCUT2D eigenvalue weighted by Gasteiger charge is -2.23. The molecule has 0 bridgehead atoms. The fraction of sp³-hybridized carbons (Fsp3) is 0.571. The lowest BCUT2D eigenvalue weighted by atomic mass is 10.0. The zero-order valence-corrected chi connectivity index (χ0v) is 11.6. The molecule has 0 amide bonds. The standard InChI is InChI=1S/C14H25N3O/c1-11(8-9-18)16-14(10-15)12-4-6-13(7-5-12)17(2)3/h4-7,11,14,16,18H,8-10,15H2,1-3H3. The van der Waals surface area contributed by atoms with E-state index in [-0.39, 0.29) is 18.7 Å². The molecular weight excluding hydrogens is 226 g/mol. The minimum atomic E-state index is 0.141. The maximum absolute atomic E-state index is 8.91. The molecule has 1 aromatic carbocycles. The first-order chi connectivity index (χ1) is 8.58. The molecule has 0 spiro atoms. The van der Waals surface area contributed by atoms with Gasteiger partial charge in [-0.3, -0.25) is 0 Å². The van der Waals surface area contributed by atoms with Crippen LogP contribution in [-0.4, -0.2) is 38.4 Å². The molecule has 0 fully saturated rings. The van der Waals surface area contributed by atoms with Crippen molar-refractivity contribution < 1.29 is 5.11 Å². The van der Waals surface area contributed by atoms with Gasteiger partial charge >= 0.3 is 0 Å². The highest BCUT2D eigenvalue weighted by molar-refractivity contribution is 5.46. The highest BCUT2D eigenvalue weighted by Crippen LogP contribution is 2.18. The zero-order chi connectivity index (χ0) is 13.5. The lowest BCUT2D eigenvalue weighted by molar-refractivity contribution is 0.263. The van der Waals surface area contributed by atoms with Crippen LogP contribution in [0, 0.1) is 0 Å². The van der Waals surface area contributed by atoms with E-state index in [1.165, 1.54) is 11.3 Å². The number of rotatable bonds is 7. The minimum absolute atomic E-state index is 0.141. The number of aliphatic hydroxyl groups excluding tert-OH is 1. The first-order valence-corrected chi connectivity index (χ1v) is 6.42. The summed E-state index contributed by atoms with van der Waals surface area (Å²) in [5, 5.41) is 12.3. The molecule has 0 aromatic heterocycles. The first kappa shape index (κ1) is 15.0. The molecule has 0 saturated carbocycles. The summed E-state index contributed by atoms with van der Waals surface area (Å²) in [6, 6.07) is 8.80. The van der Waals surface area contributed by atoms with Crippen molar-refractivity contribution in [1.29, 1.82) is 0 Å². The van der Waals surface area contributed by atoms with Crippen LogP contribution in [0.15, 0.2) is 24.3 Å². The number of nitrogens with two attached hydrogens (primary N) is 1. The number of hydrogen-bond acceptors (Lipinski definition) is 4. The summed E-state index contributed by atoms with van der Waals surface area (Å²) in [5.41, 5.74) is 8.18. The van der Waals surface area contributed by atoms with Gasteiger partial charge in [-0.05, 0) is 31.0 Å². The Morgan fingerprint density at radius 2 is 1.89 bits per heavy atom. The second-order valence-electron chi connectivity index (χ2n) is 4.85. The van der Waals surface area contributed by atoms with Crippen molar-refractivity contribution in [2.24, 2.45) is 5.73 Å². The molecule has 0 radical (unpaired) electrons. The van der Waals surface area contributed by atoms with E-state index >= 15 is 0 Å². The van der Waals surface area contributed by atoms with Crippen molar-refractivity contribution in [2.45, 2.75) is 25.4 Å². The number of anilines is 1. The third-order valence-electron chi connectivity index (χ3n) is 3.10. The Morgan fingerprint density at radius 3 is 2.33 bits per heavy atom. The van der Waals surface area contributed by atoms with Crippen molar-refractivity contribution in [1.82, 2.24) is 5.32 Å². The molecule has 1 aromatic rings. The quantitative estimate of drug-likeness (QED) is 0.679. The van der Waals surface area contributed by atoms with Gasteiger partial charge in [-0.15, -0.1) is 0 Å². The van der Waals surface area contributed by atoms with Crippen LogP contribution in [0.4, 0.5) is 5.69 Å². The second kappa shape index (κ2) is 7.36. The molecule has 0 aliphatic heterocycles. The number of nitrogens with one attached hydrogen (secondary N) is 1. The molecule has 4 nitrogen and oxygen atoms in total. The Morgan fingerprint density at radius 1 is 1.28 bits per heavy atom. The fourth-order valence-corrected chi connectivity index (χ4v) is 1.93. The lowest BCUT2D eigenvalue weighted by Crippen LogP contribution is -2.35. The van der Waals surface area contributed by atoms with Crippen LogP contribution >= 0.6 is 0 Å². The van der Waals surface area contributed by atoms with Crippen molar-refractivity contribution in [2.75, 3.05) is 32.1 Å². The smallest absolute Gasteiger partial charge is 0.0446 e. The topological polar surface area (TPSA) is 61.5 Å². The van der Waals surface area contributed by atoms with Gasteiger partial charge in [-0.2, -0.15) is 0 Å². The van der Waals surface area contributed by atoms with Crippen molar-refractivity contribution >= 4 is 5.69 Å². The van der Waals surface area contributed by atoms with Gasteiger partial charge in [0.25, 0.3) is 0 Å². The molecule has 0 saturated heterocycles. The molecule has 0 aliphatic carbocycles. The number of nitrogens with zero attached hydrogens (tertiary/aromatic N) is 1. The van der Waals surface area contributed by atoms with Gasteiger partial charge in [-0.1, -0.05) is 12.1 Å². The van der Waals surface area contributed by atoms with Crippen molar-refractivity contribution in [3.8, 4) is 0 Å². The Labute approximate surface area is 110 Å². The molecule has 4 heteroatoms.